The lowest BCUT2D eigenvalue weighted by Crippen LogP contribution is -2.32. The number of benzene rings is 1. The maximum atomic E-state index is 9.52. The summed E-state index contributed by atoms with van der Waals surface area (Å²) in [6.07, 6.45) is -0.469. The highest BCUT2D eigenvalue weighted by atomic mass is 16.3. The molecule has 0 aromatic heterocycles. The van der Waals surface area contributed by atoms with Crippen molar-refractivity contribution in [2.24, 2.45) is 0 Å². The van der Waals surface area contributed by atoms with E-state index in [4.69, 9.17) is 5.73 Å². The number of rotatable bonds is 3. The van der Waals surface area contributed by atoms with Gasteiger partial charge in [-0.3, -0.25) is 0 Å². The van der Waals surface area contributed by atoms with Crippen LogP contribution in [-0.2, 0) is 0 Å². The summed E-state index contributed by atoms with van der Waals surface area (Å²) < 4.78 is 0. The first-order valence-corrected chi connectivity index (χ1v) is 4.87. The van der Waals surface area contributed by atoms with Gasteiger partial charge in [-0.25, -0.2) is 0 Å². The molecule has 0 fully saturated rings. The van der Waals surface area contributed by atoms with Crippen LogP contribution in [0.1, 0.15) is 19.4 Å². The molecule has 0 saturated heterocycles. The molecule has 3 N–H and O–H groups in total. The summed E-state index contributed by atoms with van der Waals surface area (Å²) in [5.74, 6) is 0. The minimum Gasteiger partial charge on any atom is -0.399 e. The molecule has 3 nitrogen and oxygen atoms in total. The topological polar surface area (TPSA) is 49.5 Å². The summed E-state index contributed by atoms with van der Waals surface area (Å²) in [5, 5.41) is 9.52. The Morgan fingerprint density at radius 1 is 1.50 bits per heavy atom. The number of nitrogens with zero attached hydrogens (tertiary/aromatic N) is 1. The second-order valence-corrected chi connectivity index (χ2v) is 3.46. The van der Waals surface area contributed by atoms with Crippen molar-refractivity contribution in [1.82, 2.24) is 0 Å². The lowest BCUT2D eigenvalue weighted by molar-refractivity contribution is 0.190. The lowest BCUT2D eigenvalue weighted by atomic mass is 10.1. The molecule has 1 atom stereocenters. The fraction of sp³-hybridized carbons (Fsp3) is 0.455. The number of hydrogen-bond donors (Lipinski definition) is 2. The fourth-order valence-corrected chi connectivity index (χ4v) is 1.50. The van der Waals surface area contributed by atoms with Crippen molar-refractivity contribution in [2.45, 2.75) is 27.0 Å². The van der Waals surface area contributed by atoms with Crippen molar-refractivity contribution < 1.29 is 5.11 Å². The van der Waals surface area contributed by atoms with E-state index in [0.717, 1.165) is 23.5 Å². The van der Waals surface area contributed by atoms with Crippen LogP contribution in [0.4, 0.5) is 11.4 Å². The van der Waals surface area contributed by atoms with Gasteiger partial charge in [-0.15, -0.1) is 0 Å². The van der Waals surface area contributed by atoms with E-state index in [1.54, 1.807) is 6.92 Å². The lowest BCUT2D eigenvalue weighted by Gasteiger charge is -2.26. The number of anilines is 2. The molecule has 0 saturated carbocycles. The zero-order valence-corrected chi connectivity index (χ0v) is 8.99. The molecule has 0 amide bonds. The number of nitrogens with two attached hydrogens (primary N) is 1. The van der Waals surface area contributed by atoms with Gasteiger partial charge in [0.2, 0.25) is 0 Å². The minimum absolute atomic E-state index is 0.469. The summed E-state index contributed by atoms with van der Waals surface area (Å²) >= 11 is 0. The molecule has 0 heterocycles. The van der Waals surface area contributed by atoms with Crippen LogP contribution < -0.4 is 10.6 Å². The number of aryl methyl sites for hydroxylation is 1. The van der Waals surface area contributed by atoms with Crippen molar-refractivity contribution in [1.29, 1.82) is 0 Å². The molecule has 0 spiro atoms. The Bertz CT molecular complexity index is 310. The second-order valence-electron chi connectivity index (χ2n) is 3.46. The van der Waals surface area contributed by atoms with Crippen molar-refractivity contribution >= 4 is 11.4 Å². The maximum Gasteiger partial charge on any atom is 0.124 e. The predicted molar refractivity (Wildman–Crippen MR) is 60.3 cm³/mol. The Morgan fingerprint density at radius 2 is 2.14 bits per heavy atom. The third-order valence-corrected chi connectivity index (χ3v) is 2.38. The first-order valence-electron chi connectivity index (χ1n) is 4.87. The highest BCUT2D eigenvalue weighted by Gasteiger charge is 2.09. The monoisotopic (exact) mass is 194 g/mol. The van der Waals surface area contributed by atoms with Gasteiger partial charge in [-0.2, -0.15) is 0 Å². The minimum atomic E-state index is -0.469. The van der Waals surface area contributed by atoms with Gasteiger partial charge in [0, 0.05) is 17.9 Å². The van der Waals surface area contributed by atoms with Crippen LogP contribution in [0.5, 0.6) is 0 Å². The number of hydrogen-bond acceptors (Lipinski definition) is 3. The van der Waals surface area contributed by atoms with Crippen LogP contribution in [0.2, 0.25) is 0 Å². The third kappa shape index (κ3) is 2.17. The van der Waals surface area contributed by atoms with Crippen LogP contribution in [0.25, 0.3) is 0 Å². The van der Waals surface area contributed by atoms with Gasteiger partial charge in [0.1, 0.15) is 6.23 Å². The van der Waals surface area contributed by atoms with Gasteiger partial charge in [-0.1, -0.05) is 0 Å². The van der Waals surface area contributed by atoms with E-state index in [0.29, 0.717) is 0 Å². The van der Waals surface area contributed by atoms with Crippen LogP contribution in [0.15, 0.2) is 18.2 Å². The molecule has 1 aromatic carbocycles. The average Bonchev–Trinajstić information content (AvgIpc) is 2.11. The molecule has 0 aliphatic carbocycles. The molecular weight excluding hydrogens is 176 g/mol. The van der Waals surface area contributed by atoms with Crippen molar-refractivity contribution in [3.8, 4) is 0 Å². The van der Waals surface area contributed by atoms with Crippen LogP contribution in [0.3, 0.4) is 0 Å². The predicted octanol–water partition coefficient (Wildman–Crippen LogP) is 1.74. The van der Waals surface area contributed by atoms with Crippen LogP contribution in [0, 0.1) is 6.92 Å². The highest BCUT2D eigenvalue weighted by Crippen LogP contribution is 2.21. The SMILES string of the molecule is CCN(c1ccc(N)c(C)c1)C(C)O. The second kappa shape index (κ2) is 4.33. The van der Waals surface area contributed by atoms with Crippen molar-refractivity contribution in [3.05, 3.63) is 23.8 Å². The van der Waals surface area contributed by atoms with Gasteiger partial charge >= 0.3 is 0 Å². The van der Waals surface area contributed by atoms with Gasteiger partial charge in [0.15, 0.2) is 0 Å². The molecule has 0 aliphatic rings. The Kier molecular flexibility index (Phi) is 3.36. The van der Waals surface area contributed by atoms with E-state index in [-0.39, 0.29) is 0 Å². The molecule has 3 heteroatoms. The van der Waals surface area contributed by atoms with E-state index in [2.05, 4.69) is 0 Å². The fourth-order valence-electron chi connectivity index (χ4n) is 1.50. The third-order valence-electron chi connectivity index (χ3n) is 2.38. The van der Waals surface area contributed by atoms with E-state index in [9.17, 15) is 5.11 Å². The Balaban J connectivity index is 3.00. The van der Waals surface area contributed by atoms with E-state index in [1.807, 2.05) is 36.9 Å². The molecule has 14 heavy (non-hydrogen) atoms. The number of nitrogen functional groups attached to an aromatic ring is 1. The largest absolute Gasteiger partial charge is 0.399 e. The zero-order valence-electron chi connectivity index (χ0n) is 8.99. The average molecular weight is 194 g/mol. The van der Waals surface area contributed by atoms with Gasteiger partial charge < -0.3 is 15.7 Å². The summed E-state index contributed by atoms with van der Waals surface area (Å²) in [7, 11) is 0. The number of aliphatic hydroxyl groups is 1. The molecule has 0 radical (unpaired) electrons. The molecule has 0 bridgehead atoms. The number of aliphatic hydroxyl groups excluding tert-OH is 1. The smallest absolute Gasteiger partial charge is 0.124 e. The van der Waals surface area contributed by atoms with Crippen LogP contribution >= 0.6 is 0 Å². The van der Waals surface area contributed by atoms with E-state index >= 15 is 0 Å². The summed E-state index contributed by atoms with van der Waals surface area (Å²) in [6.45, 7) is 6.52. The first kappa shape index (κ1) is 10.9. The summed E-state index contributed by atoms with van der Waals surface area (Å²) in [6, 6.07) is 5.79. The standard InChI is InChI=1S/C11H18N2O/c1-4-13(9(3)14)10-5-6-11(12)8(2)7-10/h5-7,9,14H,4,12H2,1-3H3. The van der Waals surface area contributed by atoms with Crippen LogP contribution in [-0.4, -0.2) is 17.9 Å². The molecule has 1 aromatic rings. The Hall–Kier alpha value is -1.22. The van der Waals surface area contributed by atoms with Gasteiger partial charge in [-0.05, 0) is 44.5 Å². The molecule has 0 aliphatic heterocycles. The molecular formula is C11H18N2O. The Labute approximate surface area is 85.2 Å². The molecule has 78 valence electrons. The van der Waals surface area contributed by atoms with Crippen molar-refractivity contribution in [2.75, 3.05) is 17.2 Å². The van der Waals surface area contributed by atoms with E-state index in [1.165, 1.54) is 0 Å². The summed E-state index contributed by atoms with van der Waals surface area (Å²) in [4.78, 5) is 1.91. The van der Waals surface area contributed by atoms with E-state index < -0.39 is 6.23 Å². The zero-order chi connectivity index (χ0) is 10.7. The molecule has 1 unspecified atom stereocenters. The van der Waals surface area contributed by atoms with Crippen molar-refractivity contribution in [3.63, 3.8) is 0 Å². The van der Waals surface area contributed by atoms with Gasteiger partial charge in [0.05, 0.1) is 0 Å². The van der Waals surface area contributed by atoms with Gasteiger partial charge in [0.25, 0.3) is 0 Å². The normalized spacial score (nSPS) is 12.6. The molecule has 1 rings (SSSR count). The summed E-state index contributed by atoms with van der Waals surface area (Å²) in [5.41, 5.74) is 8.56. The highest BCUT2D eigenvalue weighted by molar-refractivity contribution is 5.58. The maximum absolute atomic E-state index is 9.52. The first-order chi connectivity index (χ1) is 6.56. The quantitative estimate of drug-likeness (QED) is 0.569. The Morgan fingerprint density at radius 3 is 2.57 bits per heavy atom.